The van der Waals surface area contributed by atoms with Gasteiger partial charge in [-0.1, -0.05) is 61.0 Å². The van der Waals surface area contributed by atoms with Crippen LogP contribution in [0, 0.1) is 5.92 Å². The first kappa shape index (κ1) is 33.3. The van der Waals surface area contributed by atoms with Crippen molar-refractivity contribution >= 4 is 11.9 Å². The number of carbonyl (C=O) groups is 2. The van der Waals surface area contributed by atoms with Crippen molar-refractivity contribution in [2.24, 2.45) is 5.92 Å². The Kier molecular flexibility index (Phi) is 10.7. The lowest BCUT2D eigenvalue weighted by Crippen LogP contribution is -2.77. The molecule has 0 radical (unpaired) electrons. The summed E-state index contributed by atoms with van der Waals surface area (Å²) in [6, 6.07) is 14.7. The number of ether oxygens (including phenoxy) is 2. The molecule has 3 fully saturated rings. The van der Waals surface area contributed by atoms with Crippen LogP contribution in [0.4, 0.5) is 4.79 Å². The maximum atomic E-state index is 14.1. The van der Waals surface area contributed by atoms with E-state index < -0.39 is 18.4 Å². The molecule has 11 nitrogen and oxygen atoms in total. The number of urea groups is 1. The number of nitrogens with zero attached hydrogens (tertiary/aromatic N) is 4. The second kappa shape index (κ2) is 15.1. The predicted molar refractivity (Wildman–Crippen MR) is 177 cm³/mol. The fourth-order valence-corrected chi connectivity index (χ4v) is 7.03. The number of hydrazine groups is 1. The molecule has 254 valence electrons. The van der Waals surface area contributed by atoms with E-state index in [1.165, 1.54) is 0 Å². The number of fused-ring (bicyclic) bond motifs is 1. The Balaban J connectivity index is 1.33. The van der Waals surface area contributed by atoms with Crippen molar-refractivity contribution in [1.82, 2.24) is 25.1 Å². The van der Waals surface area contributed by atoms with E-state index in [0.717, 1.165) is 36.0 Å². The van der Waals surface area contributed by atoms with Gasteiger partial charge in [-0.05, 0) is 62.5 Å². The van der Waals surface area contributed by atoms with Gasteiger partial charge in [0.2, 0.25) is 5.91 Å². The number of hydrogen-bond acceptors (Lipinski definition) is 8. The highest BCUT2D eigenvalue weighted by atomic mass is 16.5. The second-order valence-corrected chi connectivity index (χ2v) is 13.3. The Morgan fingerprint density at radius 1 is 1.06 bits per heavy atom. The zero-order valence-corrected chi connectivity index (χ0v) is 27.6. The first-order chi connectivity index (χ1) is 22.9. The van der Waals surface area contributed by atoms with Gasteiger partial charge in [0.25, 0.3) is 0 Å². The molecule has 4 aliphatic rings. The third kappa shape index (κ3) is 7.75. The number of rotatable bonds is 12. The van der Waals surface area contributed by atoms with Crippen LogP contribution in [-0.4, -0.2) is 99.9 Å². The fourth-order valence-electron chi connectivity index (χ4n) is 7.03. The average Bonchev–Trinajstić information content (AvgIpc) is 3.91. The molecule has 2 aliphatic heterocycles. The van der Waals surface area contributed by atoms with E-state index in [1.54, 1.807) is 17.0 Å². The average molecular weight is 648 g/mol. The molecule has 2 aliphatic carbocycles. The largest absolute Gasteiger partial charge is 0.493 e. The van der Waals surface area contributed by atoms with Crippen LogP contribution in [0.3, 0.4) is 0 Å². The molecule has 3 N–H and O–H groups in total. The summed E-state index contributed by atoms with van der Waals surface area (Å²) < 4.78 is 12.0. The Labute approximate surface area is 277 Å². The Hall–Kier alpha value is -3.64. The second-order valence-electron chi connectivity index (χ2n) is 13.3. The lowest BCUT2D eigenvalue weighted by Gasteiger charge is -2.57. The fraction of sp³-hybridized carbons (Fsp3) is 0.556. The van der Waals surface area contributed by atoms with Crippen molar-refractivity contribution in [2.75, 3.05) is 33.4 Å². The summed E-state index contributed by atoms with van der Waals surface area (Å²) in [5, 5.41) is 28.8. The van der Waals surface area contributed by atoms with Gasteiger partial charge in [-0.2, -0.15) is 0 Å². The maximum absolute atomic E-state index is 14.1. The molecule has 11 heteroatoms. The normalized spacial score (nSPS) is 25.3. The van der Waals surface area contributed by atoms with Gasteiger partial charge in [-0.25, -0.2) is 14.8 Å². The van der Waals surface area contributed by atoms with Gasteiger partial charge in [-0.3, -0.25) is 9.69 Å². The highest BCUT2D eigenvalue weighted by molar-refractivity contribution is 5.83. The van der Waals surface area contributed by atoms with Crippen molar-refractivity contribution in [3.8, 4) is 11.5 Å². The number of para-hydroxylation sites is 1. The molecule has 2 heterocycles. The Morgan fingerprint density at radius 3 is 2.57 bits per heavy atom. The minimum Gasteiger partial charge on any atom is -0.493 e. The first-order valence-corrected chi connectivity index (χ1v) is 17.1. The number of aliphatic hydroxyl groups is 2. The molecular formula is C36H49N5O6. The molecule has 0 spiro atoms. The summed E-state index contributed by atoms with van der Waals surface area (Å²) >= 11 is 0. The number of nitrogens with one attached hydrogen (secondary N) is 1. The molecule has 3 amide bonds. The number of aliphatic hydroxyl groups excluding tert-OH is 2. The van der Waals surface area contributed by atoms with Gasteiger partial charge in [0, 0.05) is 31.7 Å². The van der Waals surface area contributed by atoms with Crippen molar-refractivity contribution in [3.63, 3.8) is 0 Å². The summed E-state index contributed by atoms with van der Waals surface area (Å²) in [5.74, 6) is 1.75. The standard InChI is InChI=1S/C36H49N5O6/c1-3-18-39-23-33(43)40-30(19-25-14-16-29(42)17-15-25)35(44)38(21-28-10-7-11-31(46-2)34(28)47-24-27-12-13-27)22-32(40)41(39)36(45)37-20-26-8-5-4-6-9-26/h4-11,14,27,29-30,32,35,42,44H,3,12-13,15-24H2,1-2H3,(H,37,45)/t29?,30-,32-,35?/m0/s1. The van der Waals surface area contributed by atoms with Crippen LogP contribution in [0.2, 0.25) is 0 Å². The first-order valence-electron chi connectivity index (χ1n) is 17.1. The van der Waals surface area contributed by atoms with E-state index in [-0.39, 0.29) is 31.1 Å². The molecule has 47 heavy (non-hydrogen) atoms. The lowest BCUT2D eigenvalue weighted by molar-refractivity contribution is -0.212. The highest BCUT2D eigenvalue weighted by Crippen LogP contribution is 2.38. The molecule has 0 bridgehead atoms. The number of benzene rings is 2. The van der Waals surface area contributed by atoms with Crippen LogP contribution in [0.25, 0.3) is 0 Å². The molecule has 2 aromatic carbocycles. The zero-order chi connectivity index (χ0) is 32.9. The number of amides is 3. The number of piperazine rings is 1. The van der Waals surface area contributed by atoms with E-state index in [0.29, 0.717) is 69.3 Å². The van der Waals surface area contributed by atoms with Crippen LogP contribution >= 0.6 is 0 Å². The van der Waals surface area contributed by atoms with E-state index in [9.17, 15) is 19.8 Å². The number of carbonyl (C=O) groups excluding carboxylic acids is 2. The van der Waals surface area contributed by atoms with Gasteiger partial charge in [0.05, 0.1) is 32.4 Å². The molecule has 6 rings (SSSR count). The Bertz CT molecular complexity index is 1420. The van der Waals surface area contributed by atoms with Crippen molar-refractivity contribution in [2.45, 2.75) is 89.5 Å². The van der Waals surface area contributed by atoms with Crippen LogP contribution < -0.4 is 14.8 Å². The molecule has 4 atom stereocenters. The SMILES string of the molecule is CCCN1CC(=O)N2[C@@H](CC3=CCC(O)CC3)C(O)N(Cc3cccc(OC)c3OCC3CC3)C[C@@H]2N1C(=O)NCc1ccccc1. The van der Waals surface area contributed by atoms with Gasteiger partial charge in [-0.15, -0.1) is 0 Å². The minimum atomic E-state index is -0.989. The van der Waals surface area contributed by atoms with Crippen molar-refractivity contribution < 1.29 is 29.3 Å². The number of hydrogen-bond donors (Lipinski definition) is 3. The van der Waals surface area contributed by atoms with Crippen molar-refractivity contribution in [1.29, 1.82) is 0 Å². The quantitative estimate of drug-likeness (QED) is 0.298. The molecule has 2 saturated heterocycles. The van der Waals surface area contributed by atoms with E-state index >= 15 is 0 Å². The summed E-state index contributed by atoms with van der Waals surface area (Å²) in [6.45, 7) is 4.20. The van der Waals surface area contributed by atoms with Crippen LogP contribution in [0.15, 0.2) is 60.2 Å². The molecule has 1 saturated carbocycles. The topological polar surface area (TPSA) is 118 Å². The van der Waals surface area contributed by atoms with Gasteiger partial charge < -0.3 is 29.9 Å². The van der Waals surface area contributed by atoms with Crippen LogP contribution in [0.5, 0.6) is 11.5 Å². The van der Waals surface area contributed by atoms with Gasteiger partial charge in [0.15, 0.2) is 11.5 Å². The third-order valence-corrected chi connectivity index (χ3v) is 9.73. The molecular weight excluding hydrogens is 598 g/mol. The summed E-state index contributed by atoms with van der Waals surface area (Å²) in [5.41, 5.74) is 2.97. The lowest BCUT2D eigenvalue weighted by atomic mass is 9.90. The summed E-state index contributed by atoms with van der Waals surface area (Å²) in [4.78, 5) is 31.7. The Morgan fingerprint density at radius 2 is 1.87 bits per heavy atom. The van der Waals surface area contributed by atoms with Crippen molar-refractivity contribution in [3.05, 3.63) is 71.3 Å². The minimum absolute atomic E-state index is 0.0547. The summed E-state index contributed by atoms with van der Waals surface area (Å²) in [6.07, 6.45) is 5.51. The monoisotopic (exact) mass is 647 g/mol. The van der Waals surface area contributed by atoms with Gasteiger partial charge in [0.1, 0.15) is 12.4 Å². The summed E-state index contributed by atoms with van der Waals surface area (Å²) in [7, 11) is 1.63. The van der Waals surface area contributed by atoms with Crippen LogP contribution in [-0.2, 0) is 17.9 Å². The number of methoxy groups -OCH3 is 1. The van der Waals surface area contributed by atoms with Gasteiger partial charge >= 0.3 is 6.03 Å². The predicted octanol–water partition coefficient (Wildman–Crippen LogP) is 3.86. The smallest absolute Gasteiger partial charge is 0.334 e. The van der Waals surface area contributed by atoms with E-state index in [2.05, 4.69) is 5.32 Å². The van der Waals surface area contributed by atoms with Crippen LogP contribution in [0.1, 0.15) is 63.0 Å². The third-order valence-electron chi connectivity index (χ3n) is 9.73. The van der Waals surface area contributed by atoms with E-state index in [4.69, 9.17) is 9.47 Å². The molecule has 2 unspecified atom stereocenters. The molecule has 2 aromatic rings. The maximum Gasteiger partial charge on any atom is 0.334 e. The highest BCUT2D eigenvalue weighted by Gasteiger charge is 2.51. The zero-order valence-electron chi connectivity index (χ0n) is 27.6. The molecule has 0 aromatic heterocycles. The van der Waals surface area contributed by atoms with E-state index in [1.807, 2.05) is 71.4 Å².